The molecule has 3 amide bonds. The van der Waals surface area contributed by atoms with Crippen LogP contribution in [0.25, 0.3) is 0 Å². The van der Waals surface area contributed by atoms with Gasteiger partial charge in [0.05, 0.1) is 0 Å². The Morgan fingerprint density at radius 1 is 1.44 bits per heavy atom. The second-order valence-electron chi connectivity index (χ2n) is 4.01. The van der Waals surface area contributed by atoms with Crippen LogP contribution in [0, 0.1) is 6.92 Å². The van der Waals surface area contributed by atoms with E-state index in [9.17, 15) is 14.4 Å². The fourth-order valence-corrected chi connectivity index (χ4v) is 2.36. The fraction of sp³-hybridized carbons (Fsp3) is 0.455. The van der Waals surface area contributed by atoms with Crippen molar-refractivity contribution < 1.29 is 14.4 Å². The molecule has 1 N–H and O–H groups in total. The maximum atomic E-state index is 11.6. The van der Waals surface area contributed by atoms with E-state index >= 15 is 0 Å². The third kappa shape index (κ3) is 2.92. The summed E-state index contributed by atoms with van der Waals surface area (Å²) in [5, 5.41) is 3.17. The smallest absolute Gasteiger partial charge is 0.229 e. The van der Waals surface area contributed by atoms with Crippen molar-refractivity contribution in [2.75, 3.05) is 11.9 Å². The van der Waals surface area contributed by atoms with Gasteiger partial charge in [0.15, 0.2) is 5.13 Å². The number of imide groups is 1. The molecule has 0 radical (unpaired) electrons. The molecular weight excluding hydrogens is 254 g/mol. The average Bonchev–Trinajstić information content (AvgIpc) is 2.84. The van der Waals surface area contributed by atoms with Crippen molar-refractivity contribution in [3.63, 3.8) is 0 Å². The minimum absolute atomic E-state index is 0.107. The second-order valence-corrected chi connectivity index (χ2v) is 5.25. The molecule has 1 aliphatic rings. The maximum Gasteiger partial charge on any atom is 0.229 e. The molecule has 1 aromatic heterocycles. The molecule has 96 valence electrons. The van der Waals surface area contributed by atoms with E-state index in [1.54, 1.807) is 6.20 Å². The van der Waals surface area contributed by atoms with Crippen molar-refractivity contribution >= 4 is 34.2 Å². The molecule has 0 unspecified atom stereocenters. The minimum atomic E-state index is -0.239. The number of anilines is 1. The molecule has 1 saturated heterocycles. The normalized spacial score (nSPS) is 15.3. The van der Waals surface area contributed by atoms with Crippen LogP contribution in [0.2, 0.25) is 0 Å². The van der Waals surface area contributed by atoms with Crippen LogP contribution in [-0.4, -0.2) is 34.2 Å². The summed E-state index contributed by atoms with van der Waals surface area (Å²) in [7, 11) is 0. The lowest BCUT2D eigenvalue weighted by molar-refractivity contribution is -0.138. The lowest BCUT2D eigenvalue weighted by Gasteiger charge is -2.12. The van der Waals surface area contributed by atoms with E-state index in [4.69, 9.17) is 0 Å². The summed E-state index contributed by atoms with van der Waals surface area (Å²) in [6, 6.07) is 0. The molecule has 0 spiro atoms. The number of hydrogen-bond donors (Lipinski definition) is 1. The van der Waals surface area contributed by atoms with Crippen LogP contribution in [0.3, 0.4) is 0 Å². The summed E-state index contributed by atoms with van der Waals surface area (Å²) < 4.78 is 0. The van der Waals surface area contributed by atoms with Gasteiger partial charge in [-0.1, -0.05) is 0 Å². The number of likely N-dealkylation sites (tertiary alicyclic amines) is 1. The van der Waals surface area contributed by atoms with Crippen LogP contribution in [0.5, 0.6) is 0 Å². The first-order valence-corrected chi connectivity index (χ1v) is 6.43. The summed E-state index contributed by atoms with van der Waals surface area (Å²) >= 11 is 1.38. The SMILES string of the molecule is Cc1cnc(NC(=O)CCN2C(=O)CCC2=O)s1. The Morgan fingerprint density at radius 3 is 2.67 bits per heavy atom. The van der Waals surface area contributed by atoms with Crippen LogP contribution in [0.15, 0.2) is 6.20 Å². The number of aryl methyl sites for hydroxylation is 1. The van der Waals surface area contributed by atoms with Gasteiger partial charge in [0.2, 0.25) is 17.7 Å². The monoisotopic (exact) mass is 267 g/mol. The molecule has 0 bridgehead atoms. The van der Waals surface area contributed by atoms with Gasteiger partial charge in [0.1, 0.15) is 0 Å². The van der Waals surface area contributed by atoms with Crippen LogP contribution >= 0.6 is 11.3 Å². The summed E-state index contributed by atoms with van der Waals surface area (Å²) in [5.74, 6) is -0.632. The number of thiazole rings is 1. The molecule has 0 saturated carbocycles. The first-order valence-electron chi connectivity index (χ1n) is 5.62. The highest BCUT2D eigenvalue weighted by Gasteiger charge is 2.28. The van der Waals surface area contributed by atoms with Crippen LogP contribution in [0.4, 0.5) is 5.13 Å². The van der Waals surface area contributed by atoms with Gasteiger partial charge >= 0.3 is 0 Å². The summed E-state index contributed by atoms with van der Waals surface area (Å²) in [6.07, 6.45) is 2.29. The van der Waals surface area contributed by atoms with Gasteiger partial charge in [0, 0.05) is 36.9 Å². The van der Waals surface area contributed by atoms with E-state index in [1.807, 2.05) is 6.92 Å². The Balaban J connectivity index is 1.81. The Bertz CT molecular complexity index is 481. The molecule has 1 fully saturated rings. The minimum Gasteiger partial charge on any atom is -0.302 e. The molecule has 0 atom stereocenters. The predicted octanol–water partition coefficient (Wildman–Crippen LogP) is 0.929. The Labute approximate surface area is 108 Å². The summed E-state index contributed by atoms with van der Waals surface area (Å²) in [6.45, 7) is 2.04. The molecule has 1 aromatic rings. The van der Waals surface area contributed by atoms with Crippen LogP contribution in [-0.2, 0) is 14.4 Å². The molecule has 18 heavy (non-hydrogen) atoms. The zero-order valence-electron chi connectivity index (χ0n) is 9.93. The second kappa shape index (κ2) is 5.26. The van der Waals surface area contributed by atoms with Crippen molar-refractivity contribution in [1.82, 2.24) is 9.88 Å². The number of nitrogens with one attached hydrogen (secondary N) is 1. The number of hydrogen-bond acceptors (Lipinski definition) is 5. The molecular formula is C11H13N3O3S. The highest BCUT2D eigenvalue weighted by Crippen LogP contribution is 2.17. The number of aromatic nitrogens is 1. The topological polar surface area (TPSA) is 79.4 Å². The zero-order valence-corrected chi connectivity index (χ0v) is 10.7. The largest absolute Gasteiger partial charge is 0.302 e. The van der Waals surface area contributed by atoms with Crippen molar-refractivity contribution in [1.29, 1.82) is 0 Å². The van der Waals surface area contributed by atoms with Crippen LogP contribution < -0.4 is 5.32 Å². The third-order valence-corrected chi connectivity index (χ3v) is 3.41. The van der Waals surface area contributed by atoms with E-state index in [1.165, 1.54) is 11.3 Å². The van der Waals surface area contributed by atoms with Crippen molar-refractivity contribution in [2.24, 2.45) is 0 Å². The molecule has 6 nitrogen and oxygen atoms in total. The Hall–Kier alpha value is -1.76. The van der Waals surface area contributed by atoms with E-state index in [-0.39, 0.29) is 43.5 Å². The van der Waals surface area contributed by atoms with Crippen LogP contribution in [0.1, 0.15) is 24.1 Å². The lowest BCUT2D eigenvalue weighted by atomic mass is 10.3. The molecule has 2 heterocycles. The summed E-state index contributed by atoms with van der Waals surface area (Å²) in [4.78, 5) is 40.4. The number of carbonyl (C=O) groups is 3. The van der Waals surface area contributed by atoms with Gasteiger partial charge in [-0.15, -0.1) is 11.3 Å². The van der Waals surface area contributed by atoms with Gasteiger partial charge in [-0.05, 0) is 6.92 Å². The quantitative estimate of drug-likeness (QED) is 0.823. The maximum absolute atomic E-state index is 11.6. The third-order valence-electron chi connectivity index (χ3n) is 2.58. The van der Waals surface area contributed by atoms with E-state index in [0.717, 1.165) is 9.78 Å². The highest BCUT2D eigenvalue weighted by molar-refractivity contribution is 7.15. The lowest BCUT2D eigenvalue weighted by Crippen LogP contribution is -2.32. The van der Waals surface area contributed by atoms with Crippen molar-refractivity contribution in [3.8, 4) is 0 Å². The first kappa shape index (κ1) is 12.7. The average molecular weight is 267 g/mol. The molecule has 0 aliphatic carbocycles. The number of amides is 3. The number of nitrogens with zero attached hydrogens (tertiary/aromatic N) is 2. The van der Waals surface area contributed by atoms with Crippen molar-refractivity contribution in [3.05, 3.63) is 11.1 Å². The van der Waals surface area contributed by atoms with Crippen molar-refractivity contribution in [2.45, 2.75) is 26.2 Å². The number of rotatable bonds is 4. The van der Waals surface area contributed by atoms with Gasteiger partial charge in [-0.3, -0.25) is 19.3 Å². The Morgan fingerprint density at radius 2 is 2.11 bits per heavy atom. The van der Waals surface area contributed by atoms with Gasteiger partial charge < -0.3 is 5.32 Å². The van der Waals surface area contributed by atoms with Gasteiger partial charge in [0.25, 0.3) is 0 Å². The van der Waals surface area contributed by atoms with E-state index in [0.29, 0.717) is 5.13 Å². The van der Waals surface area contributed by atoms with Gasteiger partial charge in [-0.2, -0.15) is 0 Å². The molecule has 1 aliphatic heterocycles. The highest BCUT2D eigenvalue weighted by atomic mass is 32.1. The standard InChI is InChI=1S/C11H13N3O3S/c1-7-6-12-11(18-7)13-8(15)4-5-14-9(16)2-3-10(14)17/h6H,2-5H2,1H3,(H,12,13,15). The number of carbonyl (C=O) groups excluding carboxylic acids is 3. The molecule has 0 aromatic carbocycles. The zero-order chi connectivity index (χ0) is 13.1. The van der Waals surface area contributed by atoms with E-state index < -0.39 is 0 Å². The molecule has 7 heteroatoms. The first-order chi connectivity index (χ1) is 8.56. The summed E-state index contributed by atoms with van der Waals surface area (Å²) in [5.41, 5.74) is 0. The molecule has 2 rings (SSSR count). The van der Waals surface area contributed by atoms with Gasteiger partial charge in [-0.25, -0.2) is 4.98 Å². The fourth-order valence-electron chi connectivity index (χ4n) is 1.68. The predicted molar refractivity (Wildman–Crippen MR) is 66.1 cm³/mol. The Kier molecular flexibility index (Phi) is 3.71. The van der Waals surface area contributed by atoms with E-state index in [2.05, 4.69) is 10.3 Å².